The summed E-state index contributed by atoms with van der Waals surface area (Å²) in [5, 5.41) is 0. The number of halogens is 3. The van der Waals surface area contributed by atoms with Crippen molar-refractivity contribution in [2.75, 3.05) is 26.7 Å². The van der Waals surface area contributed by atoms with Gasteiger partial charge in [0.15, 0.2) is 0 Å². The number of nitrogens with two attached hydrogens (primary N) is 1. The van der Waals surface area contributed by atoms with Gasteiger partial charge in [-0.2, -0.15) is 17.4 Å². The zero-order valence-electron chi connectivity index (χ0n) is 9.95. The van der Waals surface area contributed by atoms with Crippen molar-refractivity contribution in [3.8, 4) is 0 Å². The number of nitrogens with one attached hydrogen (secondary N) is 1. The standard InChI is InChI=1S/C8H19F2N3O2S.ClH/c1-3-4-5-13(2)16(14,15)12-7-8(9,10)6-11;/h12H,3-7,11H2,1-2H3;1H. The first kappa shape index (κ1) is 19.3. The van der Waals surface area contributed by atoms with Crippen LogP contribution in [-0.2, 0) is 10.2 Å². The molecule has 5 nitrogen and oxygen atoms in total. The van der Waals surface area contributed by atoms with Crippen molar-refractivity contribution in [3.05, 3.63) is 0 Å². The number of nitrogens with zero attached hydrogens (tertiary/aromatic N) is 1. The van der Waals surface area contributed by atoms with Crippen LogP contribution in [0.1, 0.15) is 19.8 Å². The smallest absolute Gasteiger partial charge is 0.279 e. The lowest BCUT2D eigenvalue weighted by Crippen LogP contribution is -2.46. The average molecular weight is 296 g/mol. The van der Waals surface area contributed by atoms with Crippen molar-refractivity contribution in [2.45, 2.75) is 25.7 Å². The van der Waals surface area contributed by atoms with E-state index in [2.05, 4.69) is 0 Å². The summed E-state index contributed by atoms with van der Waals surface area (Å²) in [6.07, 6.45) is 1.52. The maximum absolute atomic E-state index is 12.7. The van der Waals surface area contributed by atoms with E-state index in [1.807, 2.05) is 11.6 Å². The van der Waals surface area contributed by atoms with Crippen LogP contribution >= 0.6 is 12.4 Å². The molecular weight excluding hydrogens is 276 g/mol. The molecule has 0 amide bonds. The Labute approximate surface area is 107 Å². The van der Waals surface area contributed by atoms with Crippen LogP contribution in [0.5, 0.6) is 0 Å². The molecule has 0 radical (unpaired) electrons. The van der Waals surface area contributed by atoms with E-state index in [0.29, 0.717) is 13.0 Å². The molecule has 9 heteroatoms. The molecule has 0 atom stereocenters. The number of alkyl halides is 2. The highest BCUT2D eigenvalue weighted by Gasteiger charge is 2.29. The van der Waals surface area contributed by atoms with Gasteiger partial charge in [0, 0.05) is 13.6 Å². The third kappa shape index (κ3) is 7.82. The Hall–Kier alpha value is -0.0200. The Bertz CT molecular complexity index is 301. The fourth-order valence-corrected chi connectivity index (χ4v) is 1.86. The second kappa shape index (κ2) is 8.15. The Kier molecular flexibility index (Phi) is 9.26. The zero-order valence-corrected chi connectivity index (χ0v) is 11.6. The van der Waals surface area contributed by atoms with Crippen molar-refractivity contribution < 1.29 is 17.2 Å². The highest BCUT2D eigenvalue weighted by molar-refractivity contribution is 7.87. The summed E-state index contributed by atoms with van der Waals surface area (Å²) in [7, 11) is -2.48. The minimum Gasteiger partial charge on any atom is -0.325 e. The lowest BCUT2D eigenvalue weighted by atomic mass is 10.3. The minimum atomic E-state index is -3.83. The fourth-order valence-electron chi connectivity index (χ4n) is 0.880. The lowest BCUT2D eigenvalue weighted by Gasteiger charge is -2.20. The Morgan fingerprint density at radius 3 is 2.35 bits per heavy atom. The van der Waals surface area contributed by atoms with E-state index in [0.717, 1.165) is 10.7 Å². The third-order valence-electron chi connectivity index (χ3n) is 2.05. The highest BCUT2D eigenvalue weighted by atomic mass is 35.5. The number of hydrogen-bond acceptors (Lipinski definition) is 3. The van der Waals surface area contributed by atoms with Gasteiger partial charge in [-0.25, -0.2) is 8.78 Å². The number of hydrogen-bond donors (Lipinski definition) is 2. The van der Waals surface area contributed by atoms with Gasteiger partial charge in [0.2, 0.25) is 0 Å². The van der Waals surface area contributed by atoms with Crippen molar-refractivity contribution in [2.24, 2.45) is 5.73 Å². The first-order chi connectivity index (χ1) is 7.25. The molecule has 0 aromatic heterocycles. The van der Waals surface area contributed by atoms with Gasteiger partial charge in [-0.3, -0.25) is 0 Å². The Morgan fingerprint density at radius 2 is 1.94 bits per heavy atom. The summed E-state index contributed by atoms with van der Waals surface area (Å²) >= 11 is 0. The number of unbranched alkanes of at least 4 members (excludes halogenated alkanes) is 1. The predicted octanol–water partition coefficient (Wildman–Crippen LogP) is 0.569. The molecule has 0 aromatic carbocycles. The fraction of sp³-hybridized carbons (Fsp3) is 1.00. The lowest BCUT2D eigenvalue weighted by molar-refractivity contribution is 0.0167. The highest BCUT2D eigenvalue weighted by Crippen LogP contribution is 2.10. The van der Waals surface area contributed by atoms with Crippen molar-refractivity contribution >= 4 is 22.6 Å². The van der Waals surface area contributed by atoms with Gasteiger partial charge in [0.25, 0.3) is 16.1 Å². The van der Waals surface area contributed by atoms with Crippen LogP contribution in [0.15, 0.2) is 0 Å². The molecule has 0 aromatic rings. The quantitative estimate of drug-likeness (QED) is 0.687. The molecule has 106 valence electrons. The monoisotopic (exact) mass is 295 g/mol. The van der Waals surface area contributed by atoms with Gasteiger partial charge in [-0.05, 0) is 6.42 Å². The summed E-state index contributed by atoms with van der Waals surface area (Å²) in [6.45, 7) is 0.368. The maximum Gasteiger partial charge on any atom is 0.279 e. The second-order valence-electron chi connectivity index (χ2n) is 3.56. The summed E-state index contributed by atoms with van der Waals surface area (Å²) in [6, 6.07) is 0. The van der Waals surface area contributed by atoms with Gasteiger partial charge in [-0.15, -0.1) is 12.4 Å². The topological polar surface area (TPSA) is 75.4 Å². The van der Waals surface area contributed by atoms with Crippen LogP contribution < -0.4 is 10.5 Å². The SMILES string of the molecule is CCCCN(C)S(=O)(=O)NCC(F)(F)CN.Cl. The molecular formula is C8H20ClF2N3O2S. The van der Waals surface area contributed by atoms with Crippen molar-refractivity contribution in [3.63, 3.8) is 0 Å². The molecule has 3 N–H and O–H groups in total. The molecule has 0 aliphatic carbocycles. The molecule has 0 aliphatic heterocycles. The first-order valence-corrected chi connectivity index (χ1v) is 6.48. The molecule has 17 heavy (non-hydrogen) atoms. The Balaban J connectivity index is 0. The van der Waals surface area contributed by atoms with Gasteiger partial charge in [0.05, 0.1) is 13.1 Å². The summed E-state index contributed by atoms with van der Waals surface area (Å²) in [5.74, 6) is -3.21. The molecule has 0 aliphatic rings. The maximum atomic E-state index is 12.7. The second-order valence-corrected chi connectivity index (χ2v) is 5.42. The zero-order chi connectivity index (χ0) is 12.8. The van der Waals surface area contributed by atoms with Gasteiger partial charge in [-0.1, -0.05) is 13.3 Å². The van der Waals surface area contributed by atoms with Crippen LogP contribution in [0.25, 0.3) is 0 Å². The van der Waals surface area contributed by atoms with E-state index in [-0.39, 0.29) is 12.4 Å². The molecule has 0 saturated carbocycles. The summed E-state index contributed by atoms with van der Waals surface area (Å²) in [4.78, 5) is 0. The van der Waals surface area contributed by atoms with Crippen LogP contribution in [-0.4, -0.2) is 45.3 Å². The van der Waals surface area contributed by atoms with E-state index in [1.54, 1.807) is 0 Å². The summed E-state index contributed by atoms with van der Waals surface area (Å²) < 4.78 is 51.2. The van der Waals surface area contributed by atoms with Gasteiger partial charge in [0.1, 0.15) is 0 Å². The number of rotatable bonds is 8. The van der Waals surface area contributed by atoms with E-state index < -0.39 is 29.2 Å². The minimum absolute atomic E-state index is 0. The average Bonchev–Trinajstić information content (AvgIpc) is 2.23. The van der Waals surface area contributed by atoms with Crippen LogP contribution in [0.3, 0.4) is 0 Å². The van der Waals surface area contributed by atoms with E-state index in [1.165, 1.54) is 7.05 Å². The van der Waals surface area contributed by atoms with E-state index >= 15 is 0 Å². The molecule has 0 unspecified atom stereocenters. The normalized spacial score (nSPS) is 12.6. The van der Waals surface area contributed by atoms with Crippen molar-refractivity contribution in [1.82, 2.24) is 9.03 Å². The van der Waals surface area contributed by atoms with E-state index in [4.69, 9.17) is 5.73 Å². The van der Waals surface area contributed by atoms with Gasteiger partial charge >= 0.3 is 0 Å². The van der Waals surface area contributed by atoms with Crippen molar-refractivity contribution in [1.29, 1.82) is 0 Å². The molecule has 0 rings (SSSR count). The predicted molar refractivity (Wildman–Crippen MR) is 65.7 cm³/mol. The molecule has 0 fully saturated rings. The van der Waals surface area contributed by atoms with Crippen LogP contribution in [0.2, 0.25) is 0 Å². The largest absolute Gasteiger partial charge is 0.325 e. The molecule has 0 bridgehead atoms. The summed E-state index contributed by atoms with van der Waals surface area (Å²) in [5.41, 5.74) is 4.79. The van der Waals surface area contributed by atoms with Gasteiger partial charge < -0.3 is 5.73 Å². The first-order valence-electron chi connectivity index (χ1n) is 5.04. The Morgan fingerprint density at radius 1 is 1.41 bits per heavy atom. The molecule has 0 spiro atoms. The molecule has 0 heterocycles. The van der Waals surface area contributed by atoms with Crippen LogP contribution in [0.4, 0.5) is 8.78 Å². The van der Waals surface area contributed by atoms with Crippen LogP contribution in [0, 0.1) is 0 Å². The third-order valence-corrected chi connectivity index (χ3v) is 3.56. The van der Waals surface area contributed by atoms with E-state index in [9.17, 15) is 17.2 Å². The molecule has 0 saturated heterocycles.